The van der Waals surface area contributed by atoms with Crippen LogP contribution >= 0.6 is 0 Å². The van der Waals surface area contributed by atoms with E-state index in [-0.39, 0.29) is 0 Å². The number of hydrogen-bond acceptors (Lipinski definition) is 5. The Morgan fingerprint density at radius 3 is 2.80 bits per heavy atom. The van der Waals surface area contributed by atoms with E-state index in [2.05, 4.69) is 41.1 Å². The smallest absolute Gasteiger partial charge is 0.148 e. The summed E-state index contributed by atoms with van der Waals surface area (Å²) in [6.07, 6.45) is 6.30. The van der Waals surface area contributed by atoms with Gasteiger partial charge < -0.3 is 10.3 Å². The molecule has 1 aliphatic rings. The molecule has 0 aromatic carbocycles. The normalized spacial score (nSPS) is 20.1. The second-order valence-corrected chi connectivity index (χ2v) is 5.94. The van der Waals surface area contributed by atoms with Crippen molar-refractivity contribution < 1.29 is 0 Å². The third-order valence-electron chi connectivity index (χ3n) is 4.43. The largest absolute Gasteiger partial charge is 0.356 e. The molecule has 2 rings (SSSR count). The van der Waals surface area contributed by atoms with E-state index in [1.807, 2.05) is 0 Å². The second kappa shape index (κ2) is 6.88. The first-order valence-electron chi connectivity index (χ1n) is 7.72. The molecule has 1 aromatic heterocycles. The first-order chi connectivity index (χ1) is 9.67. The first kappa shape index (κ1) is 15.0. The van der Waals surface area contributed by atoms with Crippen LogP contribution in [0.5, 0.6) is 0 Å². The van der Waals surface area contributed by atoms with Crippen LogP contribution in [-0.4, -0.2) is 23.1 Å². The van der Waals surface area contributed by atoms with Crippen molar-refractivity contribution >= 4 is 11.6 Å². The quantitative estimate of drug-likeness (QED) is 0.654. The van der Waals surface area contributed by atoms with Crippen LogP contribution in [0.3, 0.4) is 0 Å². The molecule has 0 radical (unpaired) electrons. The van der Waals surface area contributed by atoms with E-state index in [0.717, 1.165) is 48.5 Å². The van der Waals surface area contributed by atoms with Crippen LogP contribution in [0.1, 0.15) is 45.6 Å². The molecule has 1 unspecified atom stereocenters. The van der Waals surface area contributed by atoms with Crippen LogP contribution in [0.25, 0.3) is 0 Å². The molecular weight excluding hydrogens is 250 g/mol. The average Bonchev–Trinajstić information content (AvgIpc) is 2.72. The number of rotatable bonds is 4. The van der Waals surface area contributed by atoms with Crippen molar-refractivity contribution in [1.29, 1.82) is 0 Å². The van der Waals surface area contributed by atoms with E-state index < -0.39 is 0 Å². The standard InChI is InChI=1S/C15H27N5/c1-4-13-14(19-16)17-10-18-15(13)20-8-5-6-12(7-9-20)11(2)3/h10-12H,4-9,16H2,1-3H3,(H,17,18,19). The molecule has 1 saturated heterocycles. The lowest BCUT2D eigenvalue weighted by atomic mass is 9.89. The summed E-state index contributed by atoms with van der Waals surface area (Å²) < 4.78 is 0. The van der Waals surface area contributed by atoms with Gasteiger partial charge in [0.15, 0.2) is 0 Å². The number of hydrazine groups is 1. The number of nitrogens with zero attached hydrogens (tertiary/aromatic N) is 3. The zero-order valence-corrected chi connectivity index (χ0v) is 12.9. The lowest BCUT2D eigenvalue weighted by Crippen LogP contribution is -2.27. The summed E-state index contributed by atoms with van der Waals surface area (Å²) in [6.45, 7) is 8.95. The zero-order chi connectivity index (χ0) is 14.5. The third-order valence-corrected chi connectivity index (χ3v) is 4.43. The van der Waals surface area contributed by atoms with Crippen molar-refractivity contribution in [3.8, 4) is 0 Å². The topological polar surface area (TPSA) is 67.1 Å². The van der Waals surface area contributed by atoms with Gasteiger partial charge in [-0.2, -0.15) is 0 Å². The molecule has 0 bridgehead atoms. The summed E-state index contributed by atoms with van der Waals surface area (Å²) in [5, 5.41) is 0. The predicted octanol–water partition coefficient (Wildman–Crippen LogP) is 2.59. The van der Waals surface area contributed by atoms with E-state index in [0.29, 0.717) is 0 Å². The average molecular weight is 277 g/mol. The number of aromatic nitrogens is 2. The molecule has 1 aliphatic heterocycles. The zero-order valence-electron chi connectivity index (χ0n) is 12.9. The maximum atomic E-state index is 5.56. The Balaban J connectivity index is 2.19. The van der Waals surface area contributed by atoms with Gasteiger partial charge in [0.05, 0.1) is 0 Å². The van der Waals surface area contributed by atoms with Gasteiger partial charge >= 0.3 is 0 Å². The summed E-state index contributed by atoms with van der Waals surface area (Å²) in [7, 11) is 0. The van der Waals surface area contributed by atoms with Gasteiger partial charge in [0.25, 0.3) is 0 Å². The predicted molar refractivity (Wildman–Crippen MR) is 83.6 cm³/mol. The highest BCUT2D eigenvalue weighted by atomic mass is 15.3. The fraction of sp³-hybridized carbons (Fsp3) is 0.733. The Bertz CT molecular complexity index is 432. The maximum absolute atomic E-state index is 5.56. The Labute approximate surface area is 121 Å². The molecule has 20 heavy (non-hydrogen) atoms. The van der Waals surface area contributed by atoms with E-state index in [9.17, 15) is 0 Å². The molecule has 0 amide bonds. The van der Waals surface area contributed by atoms with Crippen molar-refractivity contribution in [2.75, 3.05) is 23.4 Å². The fourth-order valence-corrected chi connectivity index (χ4v) is 3.13. The molecule has 0 spiro atoms. The fourth-order valence-electron chi connectivity index (χ4n) is 3.13. The number of anilines is 2. The summed E-state index contributed by atoms with van der Waals surface area (Å²) in [5.74, 6) is 8.97. The van der Waals surface area contributed by atoms with Crippen molar-refractivity contribution in [3.63, 3.8) is 0 Å². The minimum Gasteiger partial charge on any atom is -0.356 e. The Kier molecular flexibility index (Phi) is 5.17. The Morgan fingerprint density at radius 1 is 1.35 bits per heavy atom. The van der Waals surface area contributed by atoms with Gasteiger partial charge in [-0.25, -0.2) is 15.8 Å². The molecule has 5 nitrogen and oxygen atoms in total. The maximum Gasteiger partial charge on any atom is 0.148 e. The highest BCUT2D eigenvalue weighted by Crippen LogP contribution is 2.29. The SMILES string of the molecule is CCc1c(NN)ncnc1N1CCCC(C(C)C)CC1. The highest BCUT2D eigenvalue weighted by molar-refractivity contribution is 5.58. The molecule has 1 aromatic rings. The second-order valence-electron chi connectivity index (χ2n) is 5.94. The van der Waals surface area contributed by atoms with Gasteiger partial charge in [0.1, 0.15) is 18.0 Å². The third kappa shape index (κ3) is 3.20. The van der Waals surface area contributed by atoms with Crippen molar-refractivity contribution in [2.24, 2.45) is 17.7 Å². The highest BCUT2D eigenvalue weighted by Gasteiger charge is 2.22. The van der Waals surface area contributed by atoms with Crippen LogP contribution < -0.4 is 16.2 Å². The van der Waals surface area contributed by atoms with Crippen LogP contribution in [0.2, 0.25) is 0 Å². The molecule has 3 N–H and O–H groups in total. The molecule has 5 heteroatoms. The molecule has 112 valence electrons. The molecule has 0 aliphatic carbocycles. The van der Waals surface area contributed by atoms with Gasteiger partial charge in [-0.1, -0.05) is 20.8 Å². The van der Waals surface area contributed by atoms with E-state index in [1.165, 1.54) is 19.3 Å². The molecule has 2 heterocycles. The van der Waals surface area contributed by atoms with Crippen LogP contribution in [0.4, 0.5) is 11.6 Å². The summed E-state index contributed by atoms with van der Waals surface area (Å²) in [6, 6.07) is 0. The van der Waals surface area contributed by atoms with E-state index in [1.54, 1.807) is 6.33 Å². The van der Waals surface area contributed by atoms with E-state index >= 15 is 0 Å². The van der Waals surface area contributed by atoms with Crippen LogP contribution in [0.15, 0.2) is 6.33 Å². The number of nitrogens with one attached hydrogen (secondary N) is 1. The summed E-state index contributed by atoms with van der Waals surface area (Å²) >= 11 is 0. The number of nitrogen functional groups attached to an aromatic ring is 1. The van der Waals surface area contributed by atoms with Gasteiger partial charge in [-0.15, -0.1) is 0 Å². The Hall–Kier alpha value is -1.36. The van der Waals surface area contributed by atoms with Gasteiger partial charge in [0, 0.05) is 18.7 Å². The lowest BCUT2D eigenvalue weighted by molar-refractivity contribution is 0.351. The minimum atomic E-state index is 0.752. The number of hydrogen-bond donors (Lipinski definition) is 2. The van der Waals surface area contributed by atoms with Crippen molar-refractivity contribution in [1.82, 2.24) is 9.97 Å². The molecule has 0 saturated carbocycles. The van der Waals surface area contributed by atoms with Gasteiger partial charge in [0.2, 0.25) is 0 Å². The minimum absolute atomic E-state index is 0.752. The summed E-state index contributed by atoms with van der Waals surface area (Å²) in [5.41, 5.74) is 3.81. The summed E-state index contributed by atoms with van der Waals surface area (Å²) in [4.78, 5) is 11.1. The van der Waals surface area contributed by atoms with Crippen LogP contribution in [0, 0.1) is 11.8 Å². The van der Waals surface area contributed by atoms with Crippen molar-refractivity contribution in [3.05, 3.63) is 11.9 Å². The molecule has 1 fully saturated rings. The van der Waals surface area contributed by atoms with Gasteiger partial charge in [-0.05, 0) is 37.5 Å². The van der Waals surface area contributed by atoms with E-state index in [4.69, 9.17) is 5.84 Å². The molecular formula is C15H27N5. The Morgan fingerprint density at radius 2 is 2.15 bits per heavy atom. The lowest BCUT2D eigenvalue weighted by Gasteiger charge is -2.25. The monoisotopic (exact) mass is 277 g/mol. The number of nitrogens with two attached hydrogens (primary N) is 1. The van der Waals surface area contributed by atoms with Crippen LogP contribution in [-0.2, 0) is 6.42 Å². The molecule has 1 atom stereocenters. The van der Waals surface area contributed by atoms with Gasteiger partial charge in [-0.3, -0.25) is 0 Å². The first-order valence-corrected chi connectivity index (χ1v) is 7.72. The van der Waals surface area contributed by atoms with Crippen molar-refractivity contribution in [2.45, 2.75) is 46.5 Å².